The number of nitrogens with zero attached hydrogens (tertiary/aromatic N) is 1. The molecule has 2 aliphatic carbocycles. The average Bonchev–Trinajstić information content (AvgIpc) is 3.24. The smallest absolute Gasteiger partial charge is 0.310 e. The van der Waals surface area contributed by atoms with Crippen LogP contribution in [0.25, 0.3) is 0 Å². The molecule has 2 fully saturated rings. The molecule has 2 atom stereocenters. The van der Waals surface area contributed by atoms with Gasteiger partial charge in [0.2, 0.25) is 0 Å². The predicted octanol–water partition coefficient (Wildman–Crippen LogP) is 2.53. The molecule has 1 heterocycles. The molecule has 0 aromatic carbocycles. The topological polar surface area (TPSA) is 84.1 Å². The third-order valence-corrected chi connectivity index (χ3v) is 5.21. The van der Waals surface area contributed by atoms with E-state index in [1.165, 1.54) is 26.4 Å². The summed E-state index contributed by atoms with van der Waals surface area (Å²) in [6.45, 7) is 0. The summed E-state index contributed by atoms with van der Waals surface area (Å²) < 4.78 is 4.82. The molecule has 0 saturated heterocycles. The van der Waals surface area contributed by atoms with E-state index in [0.29, 0.717) is 11.6 Å². The summed E-state index contributed by atoms with van der Waals surface area (Å²) in [5.74, 6) is -0.186. The van der Waals surface area contributed by atoms with E-state index in [-0.39, 0.29) is 23.8 Å². The molecule has 0 bridgehead atoms. The molecule has 1 aromatic rings. The minimum Gasteiger partial charge on any atom is -0.469 e. The average molecular weight is 319 g/mol. The third-order valence-electron chi connectivity index (χ3n) is 5.21. The summed E-state index contributed by atoms with van der Waals surface area (Å²) in [4.78, 5) is 24.2. The van der Waals surface area contributed by atoms with Crippen molar-refractivity contribution in [2.24, 2.45) is 5.92 Å². The second-order valence-corrected chi connectivity index (χ2v) is 6.68. The molecule has 2 aliphatic rings. The lowest BCUT2D eigenvalue weighted by molar-refractivity contribution is -0.145. The van der Waals surface area contributed by atoms with Crippen molar-refractivity contribution >= 4 is 11.9 Å². The van der Waals surface area contributed by atoms with Gasteiger partial charge in [-0.25, -0.2) is 0 Å². The number of H-pyrrole nitrogens is 1. The lowest BCUT2D eigenvalue weighted by Gasteiger charge is -2.19. The van der Waals surface area contributed by atoms with Crippen molar-refractivity contribution in [1.82, 2.24) is 15.5 Å². The van der Waals surface area contributed by atoms with Gasteiger partial charge in [-0.3, -0.25) is 14.7 Å². The Morgan fingerprint density at radius 3 is 2.70 bits per heavy atom. The summed E-state index contributed by atoms with van der Waals surface area (Å²) in [7, 11) is 1.39. The fourth-order valence-corrected chi connectivity index (χ4v) is 3.88. The van der Waals surface area contributed by atoms with Crippen LogP contribution in [0.3, 0.4) is 0 Å². The SMILES string of the molecule is COC(=O)[C@H]1CCC[C@@H]1NC(=O)c1cc(C2CCCCC2)[nH]n1. The molecule has 0 unspecified atom stereocenters. The van der Waals surface area contributed by atoms with E-state index >= 15 is 0 Å². The molecular weight excluding hydrogens is 294 g/mol. The van der Waals surface area contributed by atoms with Gasteiger partial charge in [-0.1, -0.05) is 25.7 Å². The zero-order valence-electron chi connectivity index (χ0n) is 13.6. The van der Waals surface area contributed by atoms with Gasteiger partial charge in [0.15, 0.2) is 0 Å². The van der Waals surface area contributed by atoms with E-state index < -0.39 is 0 Å². The lowest BCUT2D eigenvalue weighted by atomic mass is 9.87. The number of ether oxygens (including phenoxy) is 1. The monoisotopic (exact) mass is 319 g/mol. The van der Waals surface area contributed by atoms with Crippen LogP contribution in [0.2, 0.25) is 0 Å². The van der Waals surface area contributed by atoms with Gasteiger partial charge in [0.1, 0.15) is 5.69 Å². The van der Waals surface area contributed by atoms with Crippen LogP contribution in [-0.2, 0) is 9.53 Å². The standard InChI is InChI=1S/C17H25N3O3/c1-23-17(22)12-8-5-9-13(12)18-16(21)15-10-14(19-20-15)11-6-3-2-4-7-11/h10-13H,2-9H2,1H3,(H,18,21)(H,19,20)/t12-,13-/m0/s1. The number of hydrogen-bond donors (Lipinski definition) is 2. The van der Waals surface area contributed by atoms with Crippen LogP contribution in [0.5, 0.6) is 0 Å². The fraction of sp³-hybridized carbons (Fsp3) is 0.706. The van der Waals surface area contributed by atoms with Crippen LogP contribution in [0, 0.1) is 5.92 Å². The molecule has 1 amide bonds. The molecule has 126 valence electrons. The van der Waals surface area contributed by atoms with Gasteiger partial charge in [0.05, 0.1) is 13.0 Å². The van der Waals surface area contributed by atoms with Crippen LogP contribution in [0.4, 0.5) is 0 Å². The van der Waals surface area contributed by atoms with E-state index in [2.05, 4.69) is 15.5 Å². The zero-order valence-corrected chi connectivity index (χ0v) is 13.6. The van der Waals surface area contributed by atoms with Gasteiger partial charge in [-0.05, 0) is 31.7 Å². The first kappa shape index (κ1) is 16.0. The van der Waals surface area contributed by atoms with Gasteiger partial charge in [-0.15, -0.1) is 0 Å². The highest BCUT2D eigenvalue weighted by atomic mass is 16.5. The summed E-state index contributed by atoms with van der Waals surface area (Å²) in [5, 5.41) is 10.1. The molecule has 0 radical (unpaired) electrons. The van der Waals surface area contributed by atoms with Gasteiger partial charge in [0, 0.05) is 17.7 Å². The predicted molar refractivity (Wildman–Crippen MR) is 85.0 cm³/mol. The van der Waals surface area contributed by atoms with Crippen molar-refractivity contribution in [1.29, 1.82) is 0 Å². The Balaban J connectivity index is 1.62. The summed E-state index contributed by atoms with van der Waals surface area (Å²) in [5.41, 5.74) is 1.48. The number of aromatic nitrogens is 2. The molecular formula is C17H25N3O3. The molecule has 0 aliphatic heterocycles. The van der Waals surface area contributed by atoms with Gasteiger partial charge in [-0.2, -0.15) is 5.10 Å². The molecule has 3 rings (SSSR count). The molecule has 2 saturated carbocycles. The number of carbonyl (C=O) groups is 2. The van der Waals surface area contributed by atoms with Gasteiger partial charge < -0.3 is 10.1 Å². The highest BCUT2D eigenvalue weighted by molar-refractivity contribution is 5.93. The maximum absolute atomic E-state index is 12.4. The second kappa shape index (κ2) is 7.15. The summed E-state index contributed by atoms with van der Waals surface area (Å²) in [6.07, 6.45) is 8.62. The number of aromatic amines is 1. The Bertz CT molecular complexity index is 563. The molecule has 1 aromatic heterocycles. The Kier molecular flexibility index (Phi) is 4.98. The highest BCUT2D eigenvalue weighted by Crippen LogP contribution is 2.32. The molecule has 2 N–H and O–H groups in total. The van der Waals surface area contributed by atoms with Crippen LogP contribution >= 0.6 is 0 Å². The fourth-order valence-electron chi connectivity index (χ4n) is 3.88. The second-order valence-electron chi connectivity index (χ2n) is 6.68. The first-order valence-electron chi connectivity index (χ1n) is 8.63. The van der Waals surface area contributed by atoms with E-state index in [0.717, 1.165) is 37.8 Å². The van der Waals surface area contributed by atoms with Crippen LogP contribution in [0.1, 0.15) is 73.5 Å². The normalized spacial score (nSPS) is 25.3. The third kappa shape index (κ3) is 3.57. The molecule has 6 nitrogen and oxygen atoms in total. The number of rotatable bonds is 4. The minimum absolute atomic E-state index is 0.148. The van der Waals surface area contributed by atoms with E-state index in [1.807, 2.05) is 6.07 Å². The van der Waals surface area contributed by atoms with Gasteiger partial charge in [0.25, 0.3) is 5.91 Å². The van der Waals surface area contributed by atoms with Crippen LogP contribution in [-0.4, -0.2) is 35.2 Å². The Labute approximate surface area is 136 Å². The van der Waals surface area contributed by atoms with Crippen molar-refractivity contribution in [3.05, 3.63) is 17.5 Å². The Morgan fingerprint density at radius 1 is 1.17 bits per heavy atom. The lowest BCUT2D eigenvalue weighted by Crippen LogP contribution is -2.40. The van der Waals surface area contributed by atoms with Crippen molar-refractivity contribution in [2.45, 2.75) is 63.3 Å². The van der Waals surface area contributed by atoms with Crippen LogP contribution in [0.15, 0.2) is 6.07 Å². The first-order chi connectivity index (χ1) is 11.2. The molecule has 0 spiro atoms. The largest absolute Gasteiger partial charge is 0.469 e. The first-order valence-corrected chi connectivity index (χ1v) is 8.63. The maximum atomic E-state index is 12.4. The van der Waals surface area contributed by atoms with E-state index in [1.54, 1.807) is 0 Å². The van der Waals surface area contributed by atoms with Crippen molar-refractivity contribution in [3.63, 3.8) is 0 Å². The number of amides is 1. The highest BCUT2D eigenvalue weighted by Gasteiger charge is 2.35. The van der Waals surface area contributed by atoms with Crippen LogP contribution < -0.4 is 5.32 Å². The van der Waals surface area contributed by atoms with Crippen molar-refractivity contribution in [3.8, 4) is 0 Å². The molecule has 6 heteroatoms. The van der Waals surface area contributed by atoms with Gasteiger partial charge >= 0.3 is 5.97 Å². The number of hydrogen-bond acceptors (Lipinski definition) is 4. The number of methoxy groups -OCH3 is 1. The Morgan fingerprint density at radius 2 is 1.96 bits per heavy atom. The summed E-state index contributed by atoms with van der Waals surface area (Å²) >= 11 is 0. The number of nitrogens with one attached hydrogen (secondary N) is 2. The zero-order chi connectivity index (χ0) is 16.2. The van der Waals surface area contributed by atoms with E-state index in [4.69, 9.17) is 4.74 Å². The molecule has 23 heavy (non-hydrogen) atoms. The number of carbonyl (C=O) groups excluding carboxylic acids is 2. The number of esters is 1. The maximum Gasteiger partial charge on any atom is 0.310 e. The quantitative estimate of drug-likeness (QED) is 0.835. The van der Waals surface area contributed by atoms with E-state index in [9.17, 15) is 9.59 Å². The van der Waals surface area contributed by atoms with Crippen molar-refractivity contribution in [2.75, 3.05) is 7.11 Å². The summed E-state index contributed by atoms with van der Waals surface area (Å²) in [6, 6.07) is 1.72. The van der Waals surface area contributed by atoms with Crippen molar-refractivity contribution < 1.29 is 14.3 Å². The minimum atomic E-state index is -0.238. The Hall–Kier alpha value is -1.85.